The Morgan fingerprint density at radius 3 is 1.48 bits per heavy atom. The van der Waals surface area contributed by atoms with E-state index in [0.29, 0.717) is 133 Å². The molecule has 67 heavy (non-hydrogen) atoms. The molecule has 0 unspecified atom stereocenters. The highest BCUT2D eigenvalue weighted by molar-refractivity contribution is 5.70. The first-order chi connectivity index (χ1) is 32.1. The van der Waals surface area contributed by atoms with Gasteiger partial charge in [-0.1, -0.05) is 32.8 Å². The van der Waals surface area contributed by atoms with Crippen LogP contribution in [0.4, 0.5) is 26.3 Å². The molecule has 7 rings (SSSR count). The molecule has 4 heterocycles. The van der Waals surface area contributed by atoms with E-state index in [4.69, 9.17) is 32.7 Å². The van der Waals surface area contributed by atoms with Crippen LogP contribution < -0.4 is 9.47 Å². The molecule has 4 aromatic heterocycles. The molecule has 3 aromatic carbocycles. The van der Waals surface area contributed by atoms with Gasteiger partial charge in [-0.2, -0.15) is 36.3 Å². The third-order valence-electron chi connectivity index (χ3n) is 10.3. The van der Waals surface area contributed by atoms with Gasteiger partial charge in [0.1, 0.15) is 34.4 Å². The molecule has 21 heteroatoms. The predicted molar refractivity (Wildman–Crippen MR) is 226 cm³/mol. The summed E-state index contributed by atoms with van der Waals surface area (Å²) in [6, 6.07) is 16.1. The Hall–Kier alpha value is -6.58. The molecule has 0 spiro atoms. The zero-order valence-corrected chi connectivity index (χ0v) is 37.1. The maximum atomic E-state index is 13.0. The zero-order valence-electron chi connectivity index (χ0n) is 37.1. The highest BCUT2D eigenvalue weighted by atomic mass is 19.4. The molecule has 0 aliphatic rings. The van der Waals surface area contributed by atoms with Gasteiger partial charge in [-0.15, -0.1) is 0 Å². The number of aryl methyl sites for hydroxylation is 6. The van der Waals surface area contributed by atoms with Crippen molar-refractivity contribution in [3.63, 3.8) is 0 Å². The third-order valence-corrected chi connectivity index (χ3v) is 10.3. The van der Waals surface area contributed by atoms with Crippen molar-refractivity contribution in [3.8, 4) is 56.8 Å². The molecule has 0 atom stereocenters. The van der Waals surface area contributed by atoms with Crippen LogP contribution in [0.25, 0.3) is 45.3 Å². The minimum absolute atomic E-state index is 0.164. The quantitative estimate of drug-likeness (QED) is 0.0463. The van der Waals surface area contributed by atoms with E-state index >= 15 is 0 Å². The highest BCUT2D eigenvalue weighted by Crippen LogP contribution is 2.35. The van der Waals surface area contributed by atoms with Gasteiger partial charge < -0.3 is 41.8 Å². The van der Waals surface area contributed by atoms with E-state index in [1.54, 1.807) is 59.1 Å². The summed E-state index contributed by atoms with van der Waals surface area (Å²) in [4.78, 5) is 6.96. The summed E-state index contributed by atoms with van der Waals surface area (Å²) in [7, 11) is 1.60. The molecule has 356 valence electrons. The lowest BCUT2D eigenvalue weighted by Gasteiger charge is -2.13. The number of aromatic nitrogens is 6. The molecule has 0 amide bonds. The van der Waals surface area contributed by atoms with Gasteiger partial charge in [0.25, 0.3) is 0 Å². The number of ether oxygens (including phenoxy) is 5. The van der Waals surface area contributed by atoms with E-state index in [1.165, 1.54) is 0 Å². The van der Waals surface area contributed by atoms with Crippen molar-refractivity contribution < 1.29 is 68.1 Å². The molecule has 0 bridgehead atoms. The number of rotatable bonds is 22. The zero-order chi connectivity index (χ0) is 47.7. The number of benzene rings is 3. The molecule has 7 aromatic rings. The smallest absolute Gasteiger partial charge is 0.471 e. The highest BCUT2D eigenvalue weighted by Gasteiger charge is 2.39. The van der Waals surface area contributed by atoms with Gasteiger partial charge in [-0.25, -0.2) is 0 Å². The average Bonchev–Trinajstić information content (AvgIpc) is 4.12. The SMILES string of the molecule is COCCOCCOCc1cc(-c2cc(CCCOc3c(C)cc(-c4noc(C(F)(F)F)n4)cc3C)on2)ccc1-c1cc(CCCOc2c(C)cc(-c3noc(C(F)(F)F)n3)cc2C)on1. The second-order valence-corrected chi connectivity index (χ2v) is 15.5. The Morgan fingerprint density at radius 1 is 0.507 bits per heavy atom. The normalized spacial score (nSPS) is 12.0. The van der Waals surface area contributed by atoms with Crippen molar-refractivity contribution in [3.05, 3.63) is 106 Å². The Labute approximate surface area is 379 Å². The van der Waals surface area contributed by atoms with Gasteiger partial charge in [0.15, 0.2) is 0 Å². The van der Waals surface area contributed by atoms with E-state index < -0.39 is 24.1 Å². The van der Waals surface area contributed by atoms with E-state index in [1.807, 2.05) is 30.3 Å². The van der Waals surface area contributed by atoms with Gasteiger partial charge in [0, 0.05) is 54.3 Å². The summed E-state index contributed by atoms with van der Waals surface area (Å²) in [6.07, 6.45) is -7.26. The van der Waals surface area contributed by atoms with Crippen molar-refractivity contribution in [1.82, 2.24) is 30.6 Å². The summed E-state index contributed by atoms with van der Waals surface area (Å²) >= 11 is 0. The number of hydrogen-bond donors (Lipinski definition) is 0. The minimum Gasteiger partial charge on any atom is -0.493 e. The van der Waals surface area contributed by atoms with E-state index in [0.717, 1.165) is 16.7 Å². The topological polar surface area (TPSA) is 176 Å². The lowest BCUT2D eigenvalue weighted by molar-refractivity contribution is -0.160. The van der Waals surface area contributed by atoms with Crippen LogP contribution in [0.2, 0.25) is 0 Å². The Kier molecular flexibility index (Phi) is 15.4. The van der Waals surface area contributed by atoms with Crippen LogP contribution in [-0.2, 0) is 46.0 Å². The number of alkyl halides is 6. The molecule has 0 saturated heterocycles. The van der Waals surface area contributed by atoms with Gasteiger partial charge in [0.05, 0.1) is 46.2 Å². The van der Waals surface area contributed by atoms with Gasteiger partial charge >= 0.3 is 24.1 Å². The molecular formula is C46H46F6N6O9. The molecule has 0 aliphatic carbocycles. The fraction of sp³-hybridized carbons (Fsp3) is 0.391. The molecule has 0 saturated carbocycles. The van der Waals surface area contributed by atoms with Gasteiger partial charge in [-0.05, 0) is 98.7 Å². The number of nitrogens with zero attached hydrogens (tertiary/aromatic N) is 6. The fourth-order valence-corrected chi connectivity index (χ4v) is 7.16. The van der Waals surface area contributed by atoms with Crippen LogP contribution in [0.3, 0.4) is 0 Å². The summed E-state index contributed by atoms with van der Waals surface area (Å²) in [5.41, 5.74) is 7.24. The van der Waals surface area contributed by atoms with Crippen molar-refractivity contribution in [2.75, 3.05) is 46.8 Å². The molecule has 0 N–H and O–H groups in total. The van der Waals surface area contributed by atoms with Gasteiger partial charge in [0.2, 0.25) is 11.6 Å². The van der Waals surface area contributed by atoms with Crippen LogP contribution in [-0.4, -0.2) is 77.3 Å². The second-order valence-electron chi connectivity index (χ2n) is 15.5. The largest absolute Gasteiger partial charge is 0.493 e. The maximum absolute atomic E-state index is 13.0. The van der Waals surface area contributed by atoms with Crippen LogP contribution in [0.5, 0.6) is 11.5 Å². The van der Waals surface area contributed by atoms with Crippen LogP contribution in [0.15, 0.2) is 72.7 Å². The van der Waals surface area contributed by atoms with Crippen molar-refractivity contribution in [1.29, 1.82) is 0 Å². The fourth-order valence-electron chi connectivity index (χ4n) is 7.16. The molecule has 0 radical (unpaired) electrons. The monoisotopic (exact) mass is 940 g/mol. The predicted octanol–water partition coefficient (Wildman–Crippen LogP) is 10.6. The van der Waals surface area contributed by atoms with Gasteiger partial charge in [-0.3, -0.25) is 0 Å². The number of methoxy groups -OCH3 is 1. The first-order valence-electron chi connectivity index (χ1n) is 21.1. The number of hydrogen-bond acceptors (Lipinski definition) is 15. The van der Waals surface area contributed by atoms with Crippen molar-refractivity contribution in [2.45, 2.75) is 72.3 Å². The molecule has 0 aliphatic heterocycles. The summed E-state index contributed by atoms with van der Waals surface area (Å²) in [5.74, 6) is -0.648. The minimum atomic E-state index is -4.74. The van der Waals surface area contributed by atoms with E-state index in [2.05, 4.69) is 39.6 Å². The summed E-state index contributed by atoms with van der Waals surface area (Å²) < 4.78 is 127. The molecular weight excluding hydrogens is 895 g/mol. The van der Waals surface area contributed by atoms with Crippen LogP contribution in [0.1, 0.15) is 64.0 Å². The van der Waals surface area contributed by atoms with Crippen molar-refractivity contribution >= 4 is 0 Å². The lowest BCUT2D eigenvalue weighted by atomic mass is 9.99. The second kappa shape index (κ2) is 21.4. The maximum Gasteiger partial charge on any atom is 0.471 e. The standard InChI is InChI=1S/C46H46F6N6O9/c1-26-18-31(41-53-43(66-57-41)45(47,48)49)19-27(2)39(26)62-12-6-8-34-23-37(55-64-34)30-10-11-36(33(22-30)25-61-17-16-60-15-14-59-5)38-24-35(65-56-38)9-7-13-63-40-28(3)20-32(21-29(40)4)42-54-44(67-58-42)46(50,51)52/h10-11,18-24H,6-9,12-17,25H2,1-5H3. The Balaban J connectivity index is 0.952. The Morgan fingerprint density at radius 2 is 0.985 bits per heavy atom. The van der Waals surface area contributed by atoms with E-state index in [9.17, 15) is 26.3 Å². The van der Waals surface area contributed by atoms with Crippen molar-refractivity contribution in [2.24, 2.45) is 0 Å². The molecule has 15 nitrogen and oxygen atoms in total. The van der Waals surface area contributed by atoms with Crippen LogP contribution >= 0.6 is 0 Å². The third kappa shape index (κ3) is 12.5. The molecule has 0 fully saturated rings. The average molecular weight is 941 g/mol. The van der Waals surface area contributed by atoms with Crippen LogP contribution in [0, 0.1) is 27.7 Å². The first-order valence-corrected chi connectivity index (χ1v) is 21.1. The summed E-state index contributed by atoms with van der Waals surface area (Å²) in [5, 5.41) is 15.6. The summed E-state index contributed by atoms with van der Waals surface area (Å²) in [6.45, 7) is 9.72. The Bertz CT molecular complexity index is 2700. The first kappa shape index (κ1) is 48.4. The number of halogens is 6. The van der Waals surface area contributed by atoms with E-state index in [-0.39, 0.29) is 18.3 Å². The lowest BCUT2D eigenvalue weighted by Crippen LogP contribution is -2.08.